The molecule has 5 nitrogen and oxygen atoms in total. The second-order valence-corrected chi connectivity index (χ2v) is 10.0. The Bertz CT molecular complexity index is 955. The molecule has 7 heteroatoms. The van der Waals surface area contributed by atoms with E-state index in [-0.39, 0.29) is 5.91 Å². The van der Waals surface area contributed by atoms with E-state index in [0.717, 1.165) is 30.4 Å². The molecule has 1 aliphatic heterocycles. The predicted octanol–water partition coefficient (Wildman–Crippen LogP) is 4.50. The molecule has 0 bridgehead atoms. The van der Waals surface area contributed by atoms with Crippen LogP contribution >= 0.6 is 11.6 Å². The molecule has 30 heavy (non-hydrogen) atoms. The monoisotopic (exact) mass is 448 g/mol. The van der Waals surface area contributed by atoms with E-state index < -0.39 is 10.0 Å². The fraction of sp³-hybridized carbons (Fsp3) is 0.435. The molecule has 0 aliphatic carbocycles. The Kier molecular flexibility index (Phi) is 7.92. The van der Waals surface area contributed by atoms with Crippen LogP contribution in [0.1, 0.15) is 43.7 Å². The number of sulfonamides is 1. The maximum atomic E-state index is 12.7. The normalized spacial score (nSPS) is 15.1. The van der Waals surface area contributed by atoms with Crippen LogP contribution < -0.4 is 0 Å². The van der Waals surface area contributed by atoms with Gasteiger partial charge in [-0.15, -0.1) is 0 Å². The Balaban J connectivity index is 1.57. The van der Waals surface area contributed by atoms with Crippen molar-refractivity contribution in [2.75, 3.05) is 19.6 Å². The highest BCUT2D eigenvalue weighted by atomic mass is 35.5. The number of hydrogen-bond donors (Lipinski definition) is 0. The smallest absolute Gasteiger partial charge is 0.243 e. The lowest BCUT2D eigenvalue weighted by atomic mass is 10.1. The first-order chi connectivity index (χ1) is 14.4. The Morgan fingerprint density at radius 2 is 1.73 bits per heavy atom. The zero-order chi connectivity index (χ0) is 21.6. The summed E-state index contributed by atoms with van der Waals surface area (Å²) < 4.78 is 27.1. The maximum absolute atomic E-state index is 12.7. The number of aryl methyl sites for hydroxylation is 1. The largest absolute Gasteiger partial charge is 0.339 e. The van der Waals surface area contributed by atoms with Gasteiger partial charge in [-0.25, -0.2) is 8.42 Å². The molecule has 1 saturated heterocycles. The van der Waals surface area contributed by atoms with E-state index in [1.165, 1.54) is 0 Å². The summed E-state index contributed by atoms with van der Waals surface area (Å²) in [4.78, 5) is 14.8. The highest BCUT2D eigenvalue weighted by molar-refractivity contribution is 7.89. The Morgan fingerprint density at radius 3 is 2.37 bits per heavy atom. The lowest BCUT2D eigenvalue weighted by molar-refractivity contribution is -0.131. The van der Waals surface area contributed by atoms with Crippen LogP contribution in [0, 0.1) is 0 Å². The summed E-state index contributed by atoms with van der Waals surface area (Å²) >= 11 is 6.04. The predicted molar refractivity (Wildman–Crippen MR) is 120 cm³/mol. The number of carbonyl (C=O) groups excluding carboxylic acids is 1. The third-order valence-corrected chi connectivity index (χ3v) is 7.65. The van der Waals surface area contributed by atoms with Crippen LogP contribution in [0.25, 0.3) is 0 Å². The molecule has 162 valence electrons. The molecule has 2 aromatic rings. The fourth-order valence-electron chi connectivity index (χ4n) is 3.72. The summed E-state index contributed by atoms with van der Waals surface area (Å²) in [5, 5.41) is 0.663. The summed E-state index contributed by atoms with van der Waals surface area (Å²) in [6.45, 7) is 4.31. The van der Waals surface area contributed by atoms with Crippen molar-refractivity contribution in [1.82, 2.24) is 9.21 Å². The van der Waals surface area contributed by atoms with E-state index in [4.69, 9.17) is 11.6 Å². The maximum Gasteiger partial charge on any atom is 0.243 e. The van der Waals surface area contributed by atoms with Crippen LogP contribution in [0.4, 0.5) is 0 Å². The van der Waals surface area contributed by atoms with Gasteiger partial charge in [-0.1, -0.05) is 42.3 Å². The topological polar surface area (TPSA) is 57.7 Å². The molecule has 0 atom stereocenters. The molecule has 0 spiro atoms. The van der Waals surface area contributed by atoms with Gasteiger partial charge < -0.3 is 4.90 Å². The van der Waals surface area contributed by atoms with Crippen LogP contribution in [0.2, 0.25) is 5.02 Å². The molecule has 3 rings (SSSR count). The average Bonchev–Trinajstić information content (AvgIpc) is 2.76. The Labute approximate surface area is 184 Å². The molecule has 0 radical (unpaired) electrons. The van der Waals surface area contributed by atoms with Crippen LogP contribution in [-0.4, -0.2) is 43.2 Å². The van der Waals surface area contributed by atoms with E-state index >= 15 is 0 Å². The van der Waals surface area contributed by atoms with Gasteiger partial charge in [0.25, 0.3) is 0 Å². The molecule has 1 fully saturated rings. The van der Waals surface area contributed by atoms with Gasteiger partial charge in [0.2, 0.25) is 15.9 Å². The number of halogens is 1. The van der Waals surface area contributed by atoms with Crippen molar-refractivity contribution in [3.05, 3.63) is 64.7 Å². The number of hydrogen-bond acceptors (Lipinski definition) is 3. The molecule has 0 saturated carbocycles. The summed E-state index contributed by atoms with van der Waals surface area (Å²) in [5.41, 5.74) is 1.96. The van der Waals surface area contributed by atoms with Gasteiger partial charge in [-0.3, -0.25) is 4.79 Å². The van der Waals surface area contributed by atoms with Gasteiger partial charge in [0, 0.05) is 37.6 Å². The first-order valence-electron chi connectivity index (χ1n) is 10.5. The third kappa shape index (κ3) is 5.84. The summed E-state index contributed by atoms with van der Waals surface area (Å²) in [6, 6.07) is 14.5. The third-order valence-electron chi connectivity index (χ3n) is 5.50. The van der Waals surface area contributed by atoms with Crippen molar-refractivity contribution in [1.29, 1.82) is 0 Å². The van der Waals surface area contributed by atoms with Crippen LogP contribution in [0.3, 0.4) is 0 Å². The minimum absolute atomic E-state index is 0.0718. The standard InChI is InChI=1S/C23H29ClN2O3S/c1-2-25(18-20-7-6-8-21(24)17-20)23(27)14-11-19-9-12-22(13-10-19)30(28,29)26-15-4-3-5-16-26/h6-10,12-13,17H,2-5,11,14-16,18H2,1H3. The summed E-state index contributed by atoms with van der Waals surface area (Å²) in [5.74, 6) is 0.0718. The summed E-state index contributed by atoms with van der Waals surface area (Å²) in [7, 11) is -3.42. The number of piperidine rings is 1. The molecule has 0 aromatic heterocycles. The number of nitrogens with zero attached hydrogens (tertiary/aromatic N) is 2. The highest BCUT2D eigenvalue weighted by Crippen LogP contribution is 2.21. The molecule has 0 unspecified atom stereocenters. The van der Waals surface area contributed by atoms with Crippen molar-refractivity contribution in [3.63, 3.8) is 0 Å². The molecule has 1 heterocycles. The van der Waals surface area contributed by atoms with Gasteiger partial charge in [-0.2, -0.15) is 4.31 Å². The van der Waals surface area contributed by atoms with Crippen molar-refractivity contribution in [2.24, 2.45) is 0 Å². The van der Waals surface area contributed by atoms with E-state index in [9.17, 15) is 13.2 Å². The minimum atomic E-state index is -3.42. The van der Waals surface area contributed by atoms with Crippen molar-refractivity contribution in [3.8, 4) is 0 Å². The van der Waals surface area contributed by atoms with Gasteiger partial charge in [-0.05, 0) is 61.6 Å². The van der Waals surface area contributed by atoms with E-state index in [2.05, 4.69) is 0 Å². The van der Waals surface area contributed by atoms with Gasteiger partial charge in [0.15, 0.2) is 0 Å². The van der Waals surface area contributed by atoms with E-state index in [1.807, 2.05) is 43.3 Å². The molecule has 1 aliphatic rings. The lowest BCUT2D eigenvalue weighted by Gasteiger charge is -2.25. The first kappa shape index (κ1) is 22.8. The van der Waals surface area contributed by atoms with Crippen molar-refractivity contribution in [2.45, 2.75) is 50.5 Å². The molecule has 2 aromatic carbocycles. The lowest BCUT2D eigenvalue weighted by Crippen LogP contribution is -2.35. The van der Waals surface area contributed by atoms with Gasteiger partial charge >= 0.3 is 0 Å². The fourth-order valence-corrected chi connectivity index (χ4v) is 5.45. The van der Waals surface area contributed by atoms with Crippen LogP contribution in [0.5, 0.6) is 0 Å². The zero-order valence-electron chi connectivity index (χ0n) is 17.4. The SMILES string of the molecule is CCN(Cc1cccc(Cl)c1)C(=O)CCc1ccc(S(=O)(=O)N2CCCCC2)cc1. The zero-order valence-corrected chi connectivity index (χ0v) is 19.0. The second kappa shape index (κ2) is 10.4. The summed E-state index contributed by atoms with van der Waals surface area (Å²) in [6.07, 6.45) is 3.89. The molecule has 0 N–H and O–H groups in total. The number of benzene rings is 2. The Hall–Kier alpha value is -1.89. The van der Waals surface area contributed by atoms with E-state index in [1.54, 1.807) is 21.3 Å². The van der Waals surface area contributed by atoms with Crippen LogP contribution in [0.15, 0.2) is 53.4 Å². The second-order valence-electron chi connectivity index (χ2n) is 7.65. The van der Waals surface area contributed by atoms with E-state index in [0.29, 0.717) is 48.9 Å². The average molecular weight is 449 g/mol. The van der Waals surface area contributed by atoms with Crippen LogP contribution in [-0.2, 0) is 27.8 Å². The minimum Gasteiger partial charge on any atom is -0.339 e. The number of rotatable bonds is 8. The Morgan fingerprint density at radius 1 is 1.03 bits per heavy atom. The molecule has 1 amide bonds. The highest BCUT2D eigenvalue weighted by Gasteiger charge is 2.25. The quantitative estimate of drug-likeness (QED) is 0.597. The first-order valence-corrected chi connectivity index (χ1v) is 12.3. The molecular weight excluding hydrogens is 420 g/mol. The van der Waals surface area contributed by atoms with Gasteiger partial charge in [0.1, 0.15) is 0 Å². The number of amides is 1. The molecular formula is C23H29ClN2O3S. The number of carbonyl (C=O) groups is 1. The van der Waals surface area contributed by atoms with Gasteiger partial charge in [0.05, 0.1) is 4.90 Å². The van der Waals surface area contributed by atoms with Crippen molar-refractivity contribution < 1.29 is 13.2 Å². The van der Waals surface area contributed by atoms with Crippen molar-refractivity contribution >= 4 is 27.5 Å².